The fraction of sp³-hybridized carbons (Fsp3) is 0.0333. The summed E-state index contributed by atoms with van der Waals surface area (Å²) in [5.41, 5.74) is 8.46. The van der Waals surface area contributed by atoms with E-state index in [1.54, 1.807) is 0 Å². The van der Waals surface area contributed by atoms with Crippen LogP contribution in [0.15, 0.2) is 97.1 Å². The van der Waals surface area contributed by atoms with Crippen molar-refractivity contribution in [2.75, 3.05) is 0 Å². The zero-order chi connectivity index (χ0) is 22.2. The van der Waals surface area contributed by atoms with Crippen molar-refractivity contribution in [3.63, 3.8) is 0 Å². The van der Waals surface area contributed by atoms with Gasteiger partial charge in [0.15, 0.2) is 0 Å². The molecule has 0 N–H and O–H groups in total. The van der Waals surface area contributed by atoms with E-state index in [0.717, 1.165) is 39.0 Å². The average molecular weight is 419 g/mol. The summed E-state index contributed by atoms with van der Waals surface area (Å²) in [6.45, 7) is 0. The second-order valence-corrected chi connectivity index (χ2v) is 8.90. The summed E-state index contributed by atoms with van der Waals surface area (Å²) in [5.74, 6) is 1.73. The molecule has 0 unspecified atom stereocenters. The number of benzene rings is 5. The molecule has 0 amide bonds. The van der Waals surface area contributed by atoms with Gasteiger partial charge in [-0.25, -0.2) is 0 Å². The van der Waals surface area contributed by atoms with Crippen molar-refractivity contribution in [1.29, 1.82) is 5.26 Å². The van der Waals surface area contributed by atoms with Gasteiger partial charge in [-0.1, -0.05) is 84.3 Å². The topological polar surface area (TPSA) is 33.0 Å². The molecule has 0 radical (unpaired) electrons. The number of hydrogen-bond donors (Lipinski definition) is 0. The lowest BCUT2D eigenvalue weighted by atomic mass is 9.65. The van der Waals surface area contributed by atoms with Crippen molar-refractivity contribution >= 4 is 24.1 Å². The molecule has 2 nitrogen and oxygen atoms in total. The van der Waals surface area contributed by atoms with Gasteiger partial charge in [-0.05, 0) is 45.8 Å². The Kier molecular flexibility index (Phi) is 3.53. The normalized spacial score (nSPS) is 14.0. The van der Waals surface area contributed by atoms with Crippen LogP contribution < -0.4 is 10.2 Å². The lowest BCUT2D eigenvalue weighted by Crippen LogP contribution is -2.32. The molecule has 1 heterocycles. The van der Waals surface area contributed by atoms with Gasteiger partial charge in [0.1, 0.15) is 19.3 Å². The SMILES string of the molecule is Bc1ccc2c(c1)-c1c(cc(C#N)c3ccccc13)C21c2ccccc2Oc2ccccc21. The molecule has 1 aliphatic heterocycles. The van der Waals surface area contributed by atoms with Crippen LogP contribution in [0, 0.1) is 11.3 Å². The summed E-state index contributed by atoms with van der Waals surface area (Å²) < 4.78 is 6.40. The Morgan fingerprint density at radius 1 is 0.667 bits per heavy atom. The Bertz CT molecular complexity index is 1630. The summed E-state index contributed by atoms with van der Waals surface area (Å²) in [4.78, 5) is 0. The summed E-state index contributed by atoms with van der Waals surface area (Å²) >= 11 is 0. The molecule has 7 rings (SSSR count). The van der Waals surface area contributed by atoms with E-state index in [4.69, 9.17) is 4.74 Å². The van der Waals surface area contributed by atoms with Gasteiger partial charge in [0.05, 0.1) is 17.0 Å². The largest absolute Gasteiger partial charge is 0.457 e. The molecule has 5 aromatic carbocycles. The van der Waals surface area contributed by atoms with E-state index < -0.39 is 5.41 Å². The van der Waals surface area contributed by atoms with E-state index in [0.29, 0.717) is 5.56 Å². The maximum Gasteiger partial charge on any atom is 0.139 e. The van der Waals surface area contributed by atoms with E-state index in [1.807, 2.05) is 30.3 Å². The van der Waals surface area contributed by atoms with E-state index in [9.17, 15) is 5.26 Å². The first-order valence-corrected chi connectivity index (χ1v) is 11.2. The van der Waals surface area contributed by atoms with Crippen LogP contribution in [0.1, 0.15) is 27.8 Å². The first-order chi connectivity index (χ1) is 16.2. The quantitative estimate of drug-likeness (QED) is 0.307. The van der Waals surface area contributed by atoms with E-state index in [1.165, 1.54) is 22.2 Å². The maximum atomic E-state index is 10.1. The Labute approximate surface area is 193 Å². The van der Waals surface area contributed by atoms with E-state index >= 15 is 0 Å². The van der Waals surface area contributed by atoms with Gasteiger partial charge in [0.25, 0.3) is 0 Å². The highest BCUT2D eigenvalue weighted by Crippen LogP contribution is 2.63. The first-order valence-electron chi connectivity index (χ1n) is 11.2. The van der Waals surface area contributed by atoms with Gasteiger partial charge in [-0.3, -0.25) is 0 Å². The van der Waals surface area contributed by atoms with E-state index in [-0.39, 0.29) is 0 Å². The molecule has 33 heavy (non-hydrogen) atoms. The number of hydrogen-bond acceptors (Lipinski definition) is 2. The molecule has 0 fully saturated rings. The highest BCUT2D eigenvalue weighted by molar-refractivity contribution is 6.33. The number of ether oxygens (including phenoxy) is 1. The van der Waals surface area contributed by atoms with Crippen LogP contribution in [0.25, 0.3) is 21.9 Å². The average Bonchev–Trinajstić information content (AvgIpc) is 3.14. The Morgan fingerprint density at radius 2 is 1.30 bits per heavy atom. The summed E-state index contributed by atoms with van der Waals surface area (Å²) in [6, 6.07) is 36.3. The predicted octanol–water partition coefficient (Wildman–Crippen LogP) is 5.44. The van der Waals surface area contributed by atoms with Gasteiger partial charge in [-0.2, -0.15) is 5.26 Å². The number of nitriles is 1. The number of rotatable bonds is 0. The van der Waals surface area contributed by atoms with Crippen molar-refractivity contribution < 1.29 is 4.74 Å². The van der Waals surface area contributed by atoms with Gasteiger partial charge >= 0.3 is 0 Å². The van der Waals surface area contributed by atoms with E-state index in [2.05, 4.69) is 80.6 Å². The molecule has 2 aliphatic rings. The molecule has 5 aromatic rings. The summed E-state index contributed by atoms with van der Waals surface area (Å²) in [5, 5.41) is 12.2. The highest BCUT2D eigenvalue weighted by atomic mass is 16.5. The molecule has 152 valence electrons. The molecule has 1 spiro atoms. The maximum absolute atomic E-state index is 10.1. The molecule has 0 bridgehead atoms. The molecular formula is C30H18BNO. The minimum atomic E-state index is -0.542. The Balaban J connectivity index is 1.77. The Hall–Kier alpha value is -4.29. The third kappa shape index (κ3) is 2.18. The van der Waals surface area contributed by atoms with Crippen LogP contribution in [0.5, 0.6) is 11.5 Å². The molecule has 0 saturated carbocycles. The van der Waals surface area contributed by atoms with Crippen LogP contribution in [0.3, 0.4) is 0 Å². The second-order valence-electron chi connectivity index (χ2n) is 8.90. The fourth-order valence-corrected chi connectivity index (χ4v) is 5.97. The zero-order valence-electron chi connectivity index (χ0n) is 18.1. The van der Waals surface area contributed by atoms with Crippen molar-refractivity contribution in [2.45, 2.75) is 5.41 Å². The number of para-hydroxylation sites is 2. The molecule has 0 saturated heterocycles. The zero-order valence-corrected chi connectivity index (χ0v) is 18.1. The van der Waals surface area contributed by atoms with Gasteiger partial charge < -0.3 is 4.74 Å². The molecule has 3 heteroatoms. The number of fused-ring (bicyclic) bond motifs is 11. The molecule has 0 aromatic heterocycles. The minimum Gasteiger partial charge on any atom is -0.457 e. The summed E-state index contributed by atoms with van der Waals surface area (Å²) in [7, 11) is 2.14. The smallest absolute Gasteiger partial charge is 0.139 e. The third-order valence-electron chi connectivity index (χ3n) is 7.22. The Morgan fingerprint density at radius 3 is 2.00 bits per heavy atom. The lowest BCUT2D eigenvalue weighted by molar-refractivity contribution is 0.436. The fourth-order valence-electron chi connectivity index (χ4n) is 5.97. The number of nitrogens with zero attached hydrogens (tertiary/aromatic N) is 1. The van der Waals surface area contributed by atoms with Crippen molar-refractivity contribution in [3.8, 4) is 28.7 Å². The molecule has 1 aliphatic carbocycles. The van der Waals surface area contributed by atoms with Crippen molar-refractivity contribution in [3.05, 3.63) is 125 Å². The summed E-state index contributed by atoms with van der Waals surface area (Å²) in [6.07, 6.45) is 0. The third-order valence-corrected chi connectivity index (χ3v) is 7.22. The van der Waals surface area contributed by atoms with Crippen LogP contribution >= 0.6 is 0 Å². The van der Waals surface area contributed by atoms with Crippen LogP contribution in [-0.2, 0) is 5.41 Å². The minimum absolute atomic E-state index is 0.542. The first kappa shape index (κ1) is 18.3. The van der Waals surface area contributed by atoms with Crippen LogP contribution in [0.2, 0.25) is 0 Å². The second kappa shape index (κ2) is 6.37. The monoisotopic (exact) mass is 419 g/mol. The van der Waals surface area contributed by atoms with Crippen LogP contribution in [-0.4, -0.2) is 7.85 Å². The van der Waals surface area contributed by atoms with Gasteiger partial charge in [0, 0.05) is 16.5 Å². The highest BCUT2D eigenvalue weighted by Gasteiger charge is 2.51. The standard InChI is InChI=1S/C30H18BNO/c31-19-13-14-23-22(16-19)29-21-8-2-1-7-20(21)18(17-32)15-26(29)30(23)24-9-3-5-11-27(24)33-28-12-6-4-10-25(28)30/h1-16H,31H2. The van der Waals surface area contributed by atoms with Crippen LogP contribution in [0.4, 0.5) is 0 Å². The van der Waals surface area contributed by atoms with Crippen molar-refractivity contribution in [2.24, 2.45) is 0 Å². The molecular weight excluding hydrogens is 401 g/mol. The van der Waals surface area contributed by atoms with Gasteiger partial charge in [0.2, 0.25) is 0 Å². The lowest BCUT2D eigenvalue weighted by Gasteiger charge is -2.39. The van der Waals surface area contributed by atoms with Gasteiger partial charge in [-0.15, -0.1) is 0 Å². The van der Waals surface area contributed by atoms with Crippen molar-refractivity contribution in [1.82, 2.24) is 0 Å². The predicted molar refractivity (Wildman–Crippen MR) is 134 cm³/mol. The molecule has 0 atom stereocenters.